The molecule has 7 rings (SSSR count). The monoisotopic (exact) mass is 476 g/mol. The van der Waals surface area contributed by atoms with Gasteiger partial charge in [0.05, 0.1) is 5.41 Å². The van der Waals surface area contributed by atoms with Gasteiger partial charge in [-0.05, 0) is 94.3 Å². The minimum Gasteiger partial charge on any atom is -0.0620 e. The second-order valence-corrected chi connectivity index (χ2v) is 10.9. The van der Waals surface area contributed by atoms with Crippen LogP contribution in [0.25, 0.3) is 11.1 Å². The standard InChI is InChI=1S/C37H32/c1-4-27-13-9-15-31-35-30(22-26-20-24(2)19-25(3)21-26)14-10-18-34(35)37(36(27)31)32-16-7-5-11-28(32)23-29-12-6-8-17-33(29)37/h5-21H,4,22-23H2,1-3H3. The van der Waals surface area contributed by atoms with Crippen molar-refractivity contribution in [2.75, 3.05) is 0 Å². The zero-order valence-electron chi connectivity index (χ0n) is 21.9. The van der Waals surface area contributed by atoms with E-state index in [0.717, 1.165) is 19.3 Å². The van der Waals surface area contributed by atoms with Crippen LogP contribution in [0.15, 0.2) is 103 Å². The fraction of sp³-hybridized carbons (Fsp3) is 0.189. The summed E-state index contributed by atoms with van der Waals surface area (Å²) in [6, 6.07) is 39.4. The molecule has 5 aromatic rings. The summed E-state index contributed by atoms with van der Waals surface area (Å²) in [6.07, 6.45) is 2.96. The van der Waals surface area contributed by atoms with Gasteiger partial charge in [-0.3, -0.25) is 0 Å². The van der Waals surface area contributed by atoms with Crippen molar-refractivity contribution >= 4 is 0 Å². The number of hydrogen-bond acceptors (Lipinski definition) is 0. The zero-order chi connectivity index (χ0) is 25.1. The fourth-order valence-electron chi connectivity index (χ4n) is 7.44. The van der Waals surface area contributed by atoms with Crippen molar-refractivity contribution in [1.82, 2.24) is 0 Å². The van der Waals surface area contributed by atoms with E-state index >= 15 is 0 Å². The molecule has 0 bridgehead atoms. The van der Waals surface area contributed by atoms with Gasteiger partial charge in [-0.25, -0.2) is 0 Å². The van der Waals surface area contributed by atoms with Gasteiger partial charge in [0.15, 0.2) is 0 Å². The quantitative estimate of drug-likeness (QED) is 0.239. The van der Waals surface area contributed by atoms with Crippen molar-refractivity contribution in [3.05, 3.63) is 164 Å². The lowest BCUT2D eigenvalue weighted by Crippen LogP contribution is -2.35. The minimum atomic E-state index is -0.277. The number of hydrogen-bond donors (Lipinski definition) is 0. The summed E-state index contributed by atoms with van der Waals surface area (Å²) in [5.41, 5.74) is 18.3. The average Bonchev–Trinajstić information content (AvgIpc) is 3.20. The Labute approximate surface area is 220 Å². The molecular formula is C37H32. The normalized spacial score (nSPS) is 14.1. The summed E-state index contributed by atoms with van der Waals surface area (Å²) in [6.45, 7) is 6.72. The highest BCUT2D eigenvalue weighted by Gasteiger charge is 2.51. The van der Waals surface area contributed by atoms with Crippen molar-refractivity contribution in [1.29, 1.82) is 0 Å². The lowest BCUT2D eigenvalue weighted by Gasteiger charge is -2.41. The molecule has 2 aliphatic rings. The summed E-state index contributed by atoms with van der Waals surface area (Å²) < 4.78 is 0. The van der Waals surface area contributed by atoms with Crippen LogP contribution in [-0.2, 0) is 24.7 Å². The van der Waals surface area contributed by atoms with Crippen LogP contribution in [0.5, 0.6) is 0 Å². The molecule has 0 amide bonds. The lowest BCUT2D eigenvalue weighted by atomic mass is 9.60. The van der Waals surface area contributed by atoms with E-state index < -0.39 is 0 Å². The molecule has 0 N–H and O–H groups in total. The Morgan fingerprint density at radius 1 is 0.622 bits per heavy atom. The molecule has 0 radical (unpaired) electrons. The van der Waals surface area contributed by atoms with Crippen LogP contribution < -0.4 is 0 Å². The van der Waals surface area contributed by atoms with Crippen LogP contribution in [0.1, 0.15) is 68.1 Å². The van der Waals surface area contributed by atoms with Gasteiger partial charge in [-0.2, -0.15) is 0 Å². The van der Waals surface area contributed by atoms with Crippen LogP contribution in [0, 0.1) is 13.8 Å². The zero-order valence-corrected chi connectivity index (χ0v) is 21.9. The average molecular weight is 477 g/mol. The molecule has 0 atom stereocenters. The molecule has 1 spiro atoms. The third-order valence-electron chi connectivity index (χ3n) is 8.63. The van der Waals surface area contributed by atoms with Gasteiger partial charge >= 0.3 is 0 Å². The second kappa shape index (κ2) is 8.32. The van der Waals surface area contributed by atoms with Gasteiger partial charge in [-0.1, -0.05) is 121 Å². The Hall–Kier alpha value is -3.90. The topological polar surface area (TPSA) is 0 Å². The van der Waals surface area contributed by atoms with Gasteiger partial charge in [0.2, 0.25) is 0 Å². The van der Waals surface area contributed by atoms with E-state index in [2.05, 4.69) is 124 Å². The molecule has 0 aliphatic heterocycles. The fourth-order valence-corrected chi connectivity index (χ4v) is 7.44. The first-order valence-electron chi connectivity index (χ1n) is 13.6. The number of fused-ring (bicyclic) bond motifs is 9. The summed E-state index contributed by atoms with van der Waals surface area (Å²) in [7, 11) is 0. The molecular weight excluding hydrogens is 444 g/mol. The Bertz CT molecular complexity index is 1620. The van der Waals surface area contributed by atoms with Crippen molar-refractivity contribution in [3.63, 3.8) is 0 Å². The highest BCUT2D eigenvalue weighted by molar-refractivity contribution is 5.90. The maximum Gasteiger partial charge on any atom is 0.0721 e. The van der Waals surface area contributed by atoms with Crippen molar-refractivity contribution in [2.45, 2.75) is 45.4 Å². The van der Waals surface area contributed by atoms with Gasteiger partial charge in [-0.15, -0.1) is 0 Å². The maximum atomic E-state index is 2.42. The predicted molar refractivity (Wildman–Crippen MR) is 155 cm³/mol. The summed E-state index contributed by atoms with van der Waals surface area (Å²) in [4.78, 5) is 0. The molecule has 0 nitrogen and oxygen atoms in total. The molecule has 0 saturated carbocycles. The maximum absolute atomic E-state index is 2.42. The molecule has 0 unspecified atom stereocenters. The van der Waals surface area contributed by atoms with E-state index in [4.69, 9.17) is 0 Å². The summed E-state index contributed by atoms with van der Waals surface area (Å²) in [5.74, 6) is 0. The molecule has 0 fully saturated rings. The Kier molecular flexibility index (Phi) is 5.01. The third-order valence-corrected chi connectivity index (χ3v) is 8.63. The van der Waals surface area contributed by atoms with Gasteiger partial charge in [0.25, 0.3) is 0 Å². The van der Waals surface area contributed by atoms with E-state index in [9.17, 15) is 0 Å². The molecule has 5 aromatic carbocycles. The Balaban J connectivity index is 1.60. The number of aryl methyl sites for hydroxylation is 3. The first-order valence-corrected chi connectivity index (χ1v) is 13.6. The highest BCUT2D eigenvalue weighted by Crippen LogP contribution is 2.60. The minimum absolute atomic E-state index is 0.277. The lowest BCUT2D eigenvalue weighted by molar-refractivity contribution is 0.712. The molecule has 180 valence electrons. The first-order chi connectivity index (χ1) is 18.1. The Morgan fingerprint density at radius 3 is 1.89 bits per heavy atom. The first kappa shape index (κ1) is 22.3. The summed E-state index contributed by atoms with van der Waals surface area (Å²) >= 11 is 0. The molecule has 0 heterocycles. The van der Waals surface area contributed by atoms with Gasteiger partial charge < -0.3 is 0 Å². The van der Waals surface area contributed by atoms with Gasteiger partial charge in [0, 0.05) is 0 Å². The van der Waals surface area contributed by atoms with E-state index in [1.807, 2.05) is 0 Å². The smallest absolute Gasteiger partial charge is 0.0620 e. The van der Waals surface area contributed by atoms with Gasteiger partial charge in [0.1, 0.15) is 0 Å². The van der Waals surface area contributed by atoms with Crippen LogP contribution in [0.4, 0.5) is 0 Å². The van der Waals surface area contributed by atoms with Crippen LogP contribution in [0.3, 0.4) is 0 Å². The number of rotatable bonds is 3. The number of benzene rings is 5. The molecule has 37 heavy (non-hydrogen) atoms. The van der Waals surface area contributed by atoms with Crippen LogP contribution in [0.2, 0.25) is 0 Å². The molecule has 0 aromatic heterocycles. The van der Waals surface area contributed by atoms with Crippen LogP contribution in [-0.4, -0.2) is 0 Å². The SMILES string of the molecule is CCc1cccc2c1C1(c3ccccc3Cc3ccccc31)c1cccc(Cc3cc(C)cc(C)c3)c1-2. The van der Waals surface area contributed by atoms with E-state index in [1.54, 1.807) is 0 Å². The van der Waals surface area contributed by atoms with E-state index in [1.165, 1.54) is 72.3 Å². The Morgan fingerprint density at radius 2 is 1.22 bits per heavy atom. The summed E-state index contributed by atoms with van der Waals surface area (Å²) in [5, 5.41) is 0. The van der Waals surface area contributed by atoms with Crippen LogP contribution >= 0.6 is 0 Å². The second-order valence-electron chi connectivity index (χ2n) is 10.9. The molecule has 0 saturated heterocycles. The van der Waals surface area contributed by atoms with Crippen molar-refractivity contribution in [3.8, 4) is 11.1 Å². The largest absolute Gasteiger partial charge is 0.0721 e. The van der Waals surface area contributed by atoms with E-state index in [-0.39, 0.29) is 5.41 Å². The van der Waals surface area contributed by atoms with E-state index in [0.29, 0.717) is 0 Å². The molecule has 2 aliphatic carbocycles. The predicted octanol–water partition coefficient (Wildman–Crippen LogP) is 8.72. The van der Waals surface area contributed by atoms with Crippen molar-refractivity contribution in [2.24, 2.45) is 0 Å². The van der Waals surface area contributed by atoms with Crippen molar-refractivity contribution < 1.29 is 0 Å². The highest BCUT2D eigenvalue weighted by atomic mass is 14.5. The third kappa shape index (κ3) is 3.15. The molecule has 0 heteroatoms.